The number of carboxylic acids is 1. The highest BCUT2D eigenvalue weighted by atomic mass is 16.4. The van der Waals surface area contributed by atoms with Crippen LogP contribution in [0.4, 0.5) is 5.69 Å². The quantitative estimate of drug-likeness (QED) is 0.700. The molecule has 1 aromatic heterocycles. The van der Waals surface area contributed by atoms with Crippen molar-refractivity contribution in [2.75, 3.05) is 5.73 Å². The van der Waals surface area contributed by atoms with E-state index in [0.29, 0.717) is 0 Å². The molecule has 20 heavy (non-hydrogen) atoms. The van der Waals surface area contributed by atoms with Gasteiger partial charge >= 0.3 is 5.97 Å². The second kappa shape index (κ2) is 4.42. The molecule has 3 N–H and O–H groups in total. The third-order valence-electron chi connectivity index (χ3n) is 3.38. The fraction of sp³-hybridized carbons (Fsp3) is 0.0625. The first-order valence-corrected chi connectivity index (χ1v) is 6.27. The third kappa shape index (κ3) is 1.91. The van der Waals surface area contributed by atoms with E-state index in [1.54, 1.807) is 12.1 Å². The number of aromatic nitrogens is 1. The predicted molar refractivity (Wildman–Crippen MR) is 79.4 cm³/mol. The fourth-order valence-electron chi connectivity index (χ4n) is 2.47. The lowest BCUT2D eigenvalue weighted by Gasteiger charge is -2.09. The average Bonchev–Trinajstić information content (AvgIpc) is 2.73. The minimum absolute atomic E-state index is 0.284. The first-order chi connectivity index (χ1) is 9.56. The second-order valence-corrected chi connectivity index (χ2v) is 4.79. The number of nitrogens with two attached hydrogens (primary N) is 1. The highest BCUT2D eigenvalue weighted by molar-refractivity contribution is 5.88. The summed E-state index contributed by atoms with van der Waals surface area (Å²) in [6.07, 6.45) is 0. The zero-order valence-corrected chi connectivity index (χ0v) is 11.0. The number of benzene rings is 2. The van der Waals surface area contributed by atoms with E-state index in [1.807, 2.05) is 37.3 Å². The van der Waals surface area contributed by atoms with Crippen molar-refractivity contribution in [3.05, 3.63) is 59.8 Å². The Balaban J connectivity index is 2.18. The van der Waals surface area contributed by atoms with Gasteiger partial charge in [0.15, 0.2) is 0 Å². The highest BCUT2D eigenvalue weighted by Crippen LogP contribution is 2.25. The molecule has 0 fully saturated rings. The van der Waals surface area contributed by atoms with Crippen molar-refractivity contribution in [2.24, 2.45) is 0 Å². The first-order valence-electron chi connectivity index (χ1n) is 6.27. The van der Waals surface area contributed by atoms with Crippen LogP contribution in [0, 0.1) is 6.92 Å². The predicted octanol–water partition coefficient (Wildman–Crippen LogP) is 3.22. The van der Waals surface area contributed by atoms with Crippen LogP contribution in [-0.4, -0.2) is 15.6 Å². The third-order valence-corrected chi connectivity index (χ3v) is 3.38. The van der Waals surface area contributed by atoms with Gasteiger partial charge in [0.05, 0.1) is 11.1 Å². The van der Waals surface area contributed by atoms with Crippen molar-refractivity contribution >= 4 is 22.6 Å². The highest BCUT2D eigenvalue weighted by Gasteiger charge is 2.09. The molecular formula is C16H14N2O2. The maximum atomic E-state index is 10.9. The number of aryl methyl sites for hydroxylation is 1. The fourth-order valence-corrected chi connectivity index (χ4v) is 2.47. The summed E-state index contributed by atoms with van der Waals surface area (Å²) in [7, 11) is 0. The number of carbonyl (C=O) groups is 1. The van der Waals surface area contributed by atoms with E-state index in [-0.39, 0.29) is 5.56 Å². The Bertz CT molecular complexity index is 801. The normalized spacial score (nSPS) is 10.8. The molecule has 0 amide bonds. The van der Waals surface area contributed by atoms with Crippen LogP contribution in [-0.2, 0) is 0 Å². The smallest absolute Gasteiger partial charge is 0.335 e. The summed E-state index contributed by atoms with van der Waals surface area (Å²) >= 11 is 0. The zero-order valence-electron chi connectivity index (χ0n) is 11.0. The minimum atomic E-state index is -0.918. The molecule has 1 heterocycles. The number of aromatic carboxylic acids is 1. The summed E-state index contributed by atoms with van der Waals surface area (Å²) < 4.78 is 2.08. The van der Waals surface area contributed by atoms with Gasteiger partial charge < -0.3 is 15.4 Å². The summed E-state index contributed by atoms with van der Waals surface area (Å²) in [5, 5.41) is 10.0. The van der Waals surface area contributed by atoms with Gasteiger partial charge in [-0.25, -0.2) is 4.79 Å². The van der Waals surface area contributed by atoms with Crippen LogP contribution in [0.1, 0.15) is 16.1 Å². The average molecular weight is 266 g/mol. The van der Waals surface area contributed by atoms with Gasteiger partial charge in [-0.05, 0) is 55.5 Å². The van der Waals surface area contributed by atoms with Gasteiger partial charge in [0, 0.05) is 22.5 Å². The molecule has 0 saturated carbocycles. The molecule has 0 aliphatic rings. The molecule has 0 bridgehead atoms. The van der Waals surface area contributed by atoms with Crippen molar-refractivity contribution in [3.63, 3.8) is 0 Å². The van der Waals surface area contributed by atoms with Crippen molar-refractivity contribution < 1.29 is 9.90 Å². The van der Waals surface area contributed by atoms with Crippen LogP contribution in [0.25, 0.3) is 16.6 Å². The van der Waals surface area contributed by atoms with Crippen LogP contribution in [0.15, 0.2) is 48.5 Å². The Morgan fingerprint density at radius 3 is 2.45 bits per heavy atom. The number of nitrogens with zero attached hydrogens (tertiary/aromatic N) is 1. The number of rotatable bonds is 2. The van der Waals surface area contributed by atoms with Crippen LogP contribution in [0.5, 0.6) is 0 Å². The van der Waals surface area contributed by atoms with Gasteiger partial charge in [-0.2, -0.15) is 0 Å². The molecule has 2 aromatic carbocycles. The van der Waals surface area contributed by atoms with E-state index in [2.05, 4.69) is 10.6 Å². The zero-order chi connectivity index (χ0) is 14.3. The van der Waals surface area contributed by atoms with Crippen molar-refractivity contribution in [2.45, 2.75) is 6.92 Å². The van der Waals surface area contributed by atoms with Gasteiger partial charge in [-0.15, -0.1) is 0 Å². The van der Waals surface area contributed by atoms with Gasteiger partial charge in [-0.1, -0.05) is 0 Å². The van der Waals surface area contributed by atoms with Gasteiger partial charge in [0.25, 0.3) is 0 Å². The summed E-state index contributed by atoms with van der Waals surface area (Å²) in [5.74, 6) is -0.918. The summed E-state index contributed by atoms with van der Waals surface area (Å²) in [6.45, 7) is 2.02. The van der Waals surface area contributed by atoms with E-state index in [4.69, 9.17) is 10.8 Å². The van der Waals surface area contributed by atoms with E-state index in [0.717, 1.165) is 28.0 Å². The Hall–Kier alpha value is -2.75. The number of hydrogen-bond donors (Lipinski definition) is 2. The van der Waals surface area contributed by atoms with Crippen LogP contribution in [0.2, 0.25) is 0 Å². The molecule has 3 rings (SSSR count). The lowest BCUT2D eigenvalue weighted by molar-refractivity contribution is 0.0697. The van der Waals surface area contributed by atoms with Crippen molar-refractivity contribution in [1.29, 1.82) is 0 Å². The van der Waals surface area contributed by atoms with E-state index in [1.165, 1.54) is 0 Å². The van der Waals surface area contributed by atoms with Crippen LogP contribution >= 0.6 is 0 Å². The topological polar surface area (TPSA) is 68.2 Å². The van der Waals surface area contributed by atoms with Crippen molar-refractivity contribution in [1.82, 2.24) is 4.57 Å². The molecule has 0 atom stereocenters. The van der Waals surface area contributed by atoms with Crippen molar-refractivity contribution in [3.8, 4) is 5.69 Å². The Labute approximate surface area is 116 Å². The van der Waals surface area contributed by atoms with Gasteiger partial charge in [-0.3, -0.25) is 0 Å². The molecule has 0 unspecified atom stereocenters. The Kier molecular flexibility index (Phi) is 2.71. The molecule has 4 nitrogen and oxygen atoms in total. The van der Waals surface area contributed by atoms with Crippen LogP contribution < -0.4 is 5.73 Å². The molecule has 0 saturated heterocycles. The van der Waals surface area contributed by atoms with Crippen LogP contribution in [0.3, 0.4) is 0 Å². The number of nitrogen functional groups attached to an aromatic ring is 1. The minimum Gasteiger partial charge on any atom is -0.478 e. The number of hydrogen-bond acceptors (Lipinski definition) is 2. The molecular weight excluding hydrogens is 252 g/mol. The molecule has 0 aliphatic carbocycles. The molecule has 3 aromatic rings. The largest absolute Gasteiger partial charge is 0.478 e. The summed E-state index contributed by atoms with van der Waals surface area (Å²) in [4.78, 5) is 10.9. The molecule has 100 valence electrons. The number of fused-ring (bicyclic) bond motifs is 1. The molecule has 4 heteroatoms. The van der Waals surface area contributed by atoms with E-state index < -0.39 is 5.97 Å². The van der Waals surface area contributed by atoms with E-state index >= 15 is 0 Å². The van der Waals surface area contributed by atoms with Gasteiger partial charge in [0.1, 0.15) is 0 Å². The van der Waals surface area contributed by atoms with E-state index in [9.17, 15) is 4.79 Å². The maximum Gasteiger partial charge on any atom is 0.335 e. The second-order valence-electron chi connectivity index (χ2n) is 4.79. The SMILES string of the molecule is Cc1cc2cc(N)ccc2n1-c1ccc(C(=O)O)cc1. The Morgan fingerprint density at radius 2 is 1.80 bits per heavy atom. The number of carboxylic acid groups (broad SMARTS) is 1. The molecule has 0 spiro atoms. The molecule has 0 aliphatic heterocycles. The first kappa shape index (κ1) is 12.3. The summed E-state index contributed by atoms with van der Waals surface area (Å²) in [6, 6.07) is 14.7. The monoisotopic (exact) mass is 266 g/mol. The Morgan fingerprint density at radius 1 is 1.10 bits per heavy atom. The lowest BCUT2D eigenvalue weighted by atomic mass is 10.2. The maximum absolute atomic E-state index is 10.9. The summed E-state index contributed by atoms with van der Waals surface area (Å²) in [5.41, 5.74) is 9.89. The molecule has 0 radical (unpaired) electrons. The van der Waals surface area contributed by atoms with Gasteiger partial charge in [0.2, 0.25) is 0 Å². The standard InChI is InChI=1S/C16H14N2O2/c1-10-8-12-9-13(17)4-7-15(12)18(10)14-5-2-11(3-6-14)16(19)20/h2-9H,17H2,1H3,(H,19,20). The number of anilines is 1. The lowest BCUT2D eigenvalue weighted by Crippen LogP contribution is -1.99.